The van der Waals surface area contributed by atoms with E-state index >= 15 is 0 Å². The lowest BCUT2D eigenvalue weighted by molar-refractivity contribution is -0.125. The fourth-order valence-electron chi connectivity index (χ4n) is 4.61. The molecular formula is C21H30N12O7. The highest BCUT2D eigenvalue weighted by Crippen LogP contribution is 2.47. The summed E-state index contributed by atoms with van der Waals surface area (Å²) in [6, 6.07) is 2.83. The van der Waals surface area contributed by atoms with E-state index in [9.17, 15) is 24.9 Å². The smallest absolute Gasteiger partial charge is 0.351 e. The number of hydrogen-bond acceptors (Lipinski definition) is 13. The molecule has 0 amide bonds. The van der Waals surface area contributed by atoms with Gasteiger partial charge >= 0.3 is 11.4 Å². The molecule has 4 rings (SSSR count). The third-order valence-electron chi connectivity index (χ3n) is 7.09. The molecule has 0 spiro atoms. The van der Waals surface area contributed by atoms with Gasteiger partial charge in [-0.15, -0.1) is 0 Å². The van der Waals surface area contributed by atoms with Gasteiger partial charge in [0.2, 0.25) is 5.72 Å². The number of hydrogen-bond donors (Lipinski definition) is 5. The SMILES string of the molecule is CC[C@@]1(N=[N+]=[N-])O[C@@H](n2ccc(N)nc2=O)[C@H](C)[C@@H]1C.[N-]=[N+]=N[C@]1(CO)O[C@@H](n2ccc(N)nc2=O)[C@H](O)[C@@H]1O. The van der Waals surface area contributed by atoms with Gasteiger partial charge in [0, 0.05) is 28.1 Å². The zero-order chi connectivity index (χ0) is 29.8. The predicted octanol–water partition coefficient (Wildman–Crippen LogP) is 0.118. The Hall–Kier alpha value is -4.22. The molecule has 216 valence electrons. The van der Waals surface area contributed by atoms with E-state index in [2.05, 4.69) is 30.0 Å². The zero-order valence-corrected chi connectivity index (χ0v) is 21.8. The van der Waals surface area contributed by atoms with E-state index in [1.54, 1.807) is 12.3 Å². The molecule has 0 aliphatic carbocycles. The van der Waals surface area contributed by atoms with Gasteiger partial charge in [0.15, 0.2) is 12.0 Å². The maximum absolute atomic E-state index is 11.9. The minimum absolute atomic E-state index is 0.00331. The normalized spacial score (nSPS) is 32.9. The van der Waals surface area contributed by atoms with Gasteiger partial charge in [0.1, 0.15) is 30.1 Å². The van der Waals surface area contributed by atoms with Crippen LogP contribution in [-0.2, 0) is 9.47 Å². The van der Waals surface area contributed by atoms with E-state index in [1.807, 2.05) is 20.8 Å². The van der Waals surface area contributed by atoms with Crippen LogP contribution in [0.5, 0.6) is 0 Å². The molecule has 2 saturated heterocycles. The third-order valence-corrected chi connectivity index (χ3v) is 7.09. The van der Waals surface area contributed by atoms with E-state index in [4.69, 9.17) is 32.0 Å². The Morgan fingerprint density at radius 2 is 1.45 bits per heavy atom. The summed E-state index contributed by atoms with van der Waals surface area (Å²) in [7, 11) is 0. The summed E-state index contributed by atoms with van der Waals surface area (Å²) in [6.07, 6.45) is -1.90. The number of azide groups is 2. The first kappa shape index (κ1) is 30.3. The first-order valence-corrected chi connectivity index (χ1v) is 12.0. The molecule has 2 fully saturated rings. The van der Waals surface area contributed by atoms with Crippen LogP contribution < -0.4 is 22.8 Å². The molecule has 0 bridgehead atoms. The van der Waals surface area contributed by atoms with Gasteiger partial charge in [-0.1, -0.05) is 31.0 Å². The average molecular weight is 563 g/mol. The Bertz CT molecular complexity index is 1330. The van der Waals surface area contributed by atoms with Crippen molar-refractivity contribution in [3.8, 4) is 0 Å². The molecule has 19 nitrogen and oxygen atoms in total. The van der Waals surface area contributed by atoms with E-state index in [0.717, 1.165) is 4.57 Å². The minimum Gasteiger partial charge on any atom is -0.393 e. The highest BCUT2D eigenvalue weighted by molar-refractivity contribution is 5.24. The van der Waals surface area contributed by atoms with Crippen LogP contribution in [0.15, 0.2) is 44.3 Å². The van der Waals surface area contributed by atoms with Gasteiger partial charge in [-0.25, -0.2) is 9.59 Å². The summed E-state index contributed by atoms with van der Waals surface area (Å²) in [4.78, 5) is 36.1. The van der Waals surface area contributed by atoms with E-state index in [1.165, 1.54) is 16.8 Å². The second-order valence-electron chi connectivity index (χ2n) is 9.26. The lowest BCUT2D eigenvalue weighted by Gasteiger charge is -2.26. The summed E-state index contributed by atoms with van der Waals surface area (Å²) in [5, 5.41) is 36.0. The number of anilines is 2. The zero-order valence-electron chi connectivity index (χ0n) is 21.8. The molecule has 2 aromatic heterocycles. The number of aliphatic hydroxyl groups is 3. The highest BCUT2D eigenvalue weighted by Gasteiger charge is 2.55. The fraction of sp³-hybridized carbons (Fsp3) is 0.619. The number of nitrogen functional groups attached to an aromatic ring is 2. The van der Waals surface area contributed by atoms with Crippen molar-refractivity contribution in [3.63, 3.8) is 0 Å². The molecule has 0 aromatic carbocycles. The minimum atomic E-state index is -2.07. The van der Waals surface area contributed by atoms with Crippen molar-refractivity contribution < 1.29 is 24.8 Å². The van der Waals surface area contributed by atoms with Crippen molar-refractivity contribution in [2.75, 3.05) is 18.1 Å². The molecule has 0 radical (unpaired) electrons. The number of aromatic nitrogens is 4. The highest BCUT2D eigenvalue weighted by atomic mass is 16.6. The Kier molecular flexibility index (Phi) is 9.01. The Labute approximate surface area is 225 Å². The van der Waals surface area contributed by atoms with Crippen LogP contribution in [0.4, 0.5) is 11.6 Å². The van der Waals surface area contributed by atoms with Crippen molar-refractivity contribution in [2.45, 2.75) is 63.3 Å². The molecule has 4 heterocycles. The van der Waals surface area contributed by atoms with Gasteiger partial charge in [0.25, 0.3) is 0 Å². The van der Waals surface area contributed by atoms with Crippen LogP contribution >= 0.6 is 0 Å². The fourth-order valence-corrected chi connectivity index (χ4v) is 4.61. The molecular weight excluding hydrogens is 532 g/mol. The van der Waals surface area contributed by atoms with Crippen molar-refractivity contribution in [1.29, 1.82) is 0 Å². The standard InChI is InChI=1S/C12H18N6O2.C9H12N6O5/c1-4-12(16-17-14)8(3)7(2)10(20-12)18-6-5-9(13)15-11(18)19;10-4-1-2-15(8(19)12-4)7-5(17)6(18)9(3-16,20-7)13-14-11/h5-8,10H,4H2,1-3H3,(H2,13,15,19);1-2,5-7,16-18H,3H2,(H2,10,12,19)/t7-,8+,10-,12-;5-,6+,7-,9-/m11/s1. The van der Waals surface area contributed by atoms with Gasteiger partial charge < -0.3 is 36.3 Å². The molecule has 7 N–H and O–H groups in total. The van der Waals surface area contributed by atoms with Gasteiger partial charge in [-0.2, -0.15) is 9.97 Å². The lowest BCUT2D eigenvalue weighted by atomic mass is 9.87. The first-order chi connectivity index (χ1) is 18.9. The molecule has 2 aromatic rings. The van der Waals surface area contributed by atoms with E-state index in [-0.39, 0.29) is 23.5 Å². The molecule has 2 aliphatic rings. The number of rotatable bonds is 6. The summed E-state index contributed by atoms with van der Waals surface area (Å²) < 4.78 is 13.4. The summed E-state index contributed by atoms with van der Waals surface area (Å²) in [6.45, 7) is 4.94. The Morgan fingerprint density at radius 1 is 0.975 bits per heavy atom. The Balaban J connectivity index is 0.000000220. The number of nitrogens with two attached hydrogens (primary N) is 2. The molecule has 0 unspecified atom stereocenters. The number of aliphatic hydroxyl groups excluding tert-OH is 3. The second kappa shape index (κ2) is 11.9. The molecule has 40 heavy (non-hydrogen) atoms. The second-order valence-corrected chi connectivity index (χ2v) is 9.26. The van der Waals surface area contributed by atoms with Crippen LogP contribution in [0.25, 0.3) is 20.9 Å². The predicted molar refractivity (Wildman–Crippen MR) is 138 cm³/mol. The van der Waals surface area contributed by atoms with Crippen LogP contribution in [0.3, 0.4) is 0 Å². The quantitative estimate of drug-likeness (QED) is 0.179. The maximum Gasteiger partial charge on any atom is 0.351 e. The first-order valence-electron chi connectivity index (χ1n) is 12.0. The molecule has 8 atom stereocenters. The van der Waals surface area contributed by atoms with Gasteiger partial charge in [-0.05, 0) is 35.5 Å². The number of ether oxygens (including phenoxy) is 2. The summed E-state index contributed by atoms with van der Waals surface area (Å²) in [5.74, 6) is 0.130. The van der Waals surface area contributed by atoms with Crippen LogP contribution in [0.2, 0.25) is 0 Å². The van der Waals surface area contributed by atoms with Crippen LogP contribution in [-0.4, -0.2) is 64.7 Å². The van der Waals surface area contributed by atoms with E-state index < -0.39 is 54.1 Å². The average Bonchev–Trinajstić information content (AvgIpc) is 3.31. The summed E-state index contributed by atoms with van der Waals surface area (Å²) in [5.41, 5.74) is 23.7. The lowest BCUT2D eigenvalue weighted by Crippen LogP contribution is -2.44. The largest absolute Gasteiger partial charge is 0.393 e. The van der Waals surface area contributed by atoms with Crippen molar-refractivity contribution in [3.05, 3.63) is 66.4 Å². The molecule has 0 saturated carbocycles. The van der Waals surface area contributed by atoms with Gasteiger partial charge in [-0.3, -0.25) is 9.13 Å². The molecule has 19 heteroatoms. The Morgan fingerprint density at radius 3 is 1.90 bits per heavy atom. The third kappa shape index (κ3) is 5.43. The summed E-state index contributed by atoms with van der Waals surface area (Å²) >= 11 is 0. The van der Waals surface area contributed by atoms with Crippen molar-refractivity contribution in [2.24, 2.45) is 22.1 Å². The van der Waals surface area contributed by atoms with Crippen molar-refractivity contribution in [1.82, 2.24) is 19.1 Å². The maximum atomic E-state index is 11.9. The van der Waals surface area contributed by atoms with Crippen LogP contribution in [0.1, 0.15) is 39.6 Å². The van der Waals surface area contributed by atoms with E-state index in [0.29, 0.717) is 6.42 Å². The monoisotopic (exact) mass is 562 g/mol. The topological polar surface area (TPSA) is 298 Å². The molecule has 2 aliphatic heterocycles. The van der Waals surface area contributed by atoms with Gasteiger partial charge in [0.05, 0.1) is 6.61 Å². The number of nitrogens with zero attached hydrogens (tertiary/aromatic N) is 10. The van der Waals surface area contributed by atoms with Crippen LogP contribution in [0, 0.1) is 11.8 Å². The van der Waals surface area contributed by atoms with Crippen molar-refractivity contribution >= 4 is 11.6 Å².